The van der Waals surface area contributed by atoms with E-state index in [-0.39, 0.29) is 0 Å². The minimum absolute atomic E-state index is 0.417. The molecule has 14 heavy (non-hydrogen) atoms. The Hall–Kier alpha value is -0.800. The van der Waals surface area contributed by atoms with Gasteiger partial charge < -0.3 is 0 Å². The molecule has 1 unspecified atom stereocenters. The van der Waals surface area contributed by atoms with E-state index in [1.807, 2.05) is 0 Å². The highest BCUT2D eigenvalue weighted by molar-refractivity contribution is 5.36. The van der Waals surface area contributed by atoms with E-state index >= 15 is 0 Å². The van der Waals surface area contributed by atoms with Crippen LogP contribution in [0, 0.1) is 5.41 Å². The van der Waals surface area contributed by atoms with Gasteiger partial charge in [-0.3, -0.25) is 0 Å². The van der Waals surface area contributed by atoms with Crippen molar-refractivity contribution in [2.45, 2.75) is 33.1 Å². The van der Waals surface area contributed by atoms with Crippen LogP contribution in [0.2, 0.25) is 0 Å². The first-order valence-electron chi connectivity index (χ1n) is 4.27. The Morgan fingerprint density at radius 1 is 1.29 bits per heavy atom. The quantitative estimate of drug-likeness (QED) is 0.531. The van der Waals surface area contributed by atoms with Gasteiger partial charge in [-0.25, -0.2) is 4.39 Å². The van der Waals surface area contributed by atoms with E-state index in [0.717, 1.165) is 6.08 Å². The molecule has 0 aliphatic heterocycles. The van der Waals surface area contributed by atoms with E-state index < -0.39 is 23.3 Å². The van der Waals surface area contributed by atoms with E-state index in [2.05, 4.69) is 0 Å². The van der Waals surface area contributed by atoms with Crippen molar-refractivity contribution in [3.8, 4) is 0 Å². The van der Waals surface area contributed by atoms with Gasteiger partial charge in [-0.05, 0) is 13.0 Å². The van der Waals surface area contributed by atoms with Gasteiger partial charge in [0.25, 0.3) is 0 Å². The summed E-state index contributed by atoms with van der Waals surface area (Å²) in [6.45, 7) is 4.70. The maximum atomic E-state index is 13.4. The molecular formula is C10H12F4. The average molecular weight is 208 g/mol. The van der Waals surface area contributed by atoms with Crippen molar-refractivity contribution in [1.29, 1.82) is 0 Å². The van der Waals surface area contributed by atoms with Crippen LogP contribution in [0.5, 0.6) is 0 Å². The van der Waals surface area contributed by atoms with Crippen LogP contribution < -0.4 is 0 Å². The maximum Gasteiger partial charge on any atom is 0.416 e. The summed E-state index contributed by atoms with van der Waals surface area (Å²) in [7, 11) is 0. The number of hydrogen-bond acceptors (Lipinski definition) is 0. The number of halogens is 4. The van der Waals surface area contributed by atoms with Gasteiger partial charge in [0.05, 0.1) is 5.57 Å². The summed E-state index contributed by atoms with van der Waals surface area (Å²) in [6, 6.07) is 0. The Morgan fingerprint density at radius 2 is 1.79 bits per heavy atom. The lowest BCUT2D eigenvalue weighted by Gasteiger charge is -2.32. The molecule has 0 radical (unpaired) electrons. The van der Waals surface area contributed by atoms with Gasteiger partial charge in [0.15, 0.2) is 0 Å². The van der Waals surface area contributed by atoms with E-state index in [1.54, 1.807) is 13.8 Å². The molecule has 1 rings (SSSR count). The molecule has 0 aromatic heterocycles. The summed E-state index contributed by atoms with van der Waals surface area (Å²) in [6.07, 6.45) is -4.38. The van der Waals surface area contributed by atoms with Crippen LogP contribution in [0.1, 0.15) is 20.8 Å². The van der Waals surface area contributed by atoms with Crippen LogP contribution in [-0.2, 0) is 0 Å². The SMILES string of the molecule is CC1=CC(C(F)(F)F)=CC(F)C1(C)C. The smallest absolute Gasteiger partial charge is 0.242 e. The van der Waals surface area contributed by atoms with Crippen molar-refractivity contribution in [2.24, 2.45) is 5.41 Å². The maximum absolute atomic E-state index is 13.4. The lowest BCUT2D eigenvalue weighted by Crippen LogP contribution is -2.30. The zero-order valence-electron chi connectivity index (χ0n) is 8.24. The van der Waals surface area contributed by atoms with Crippen molar-refractivity contribution in [3.63, 3.8) is 0 Å². The van der Waals surface area contributed by atoms with E-state index in [9.17, 15) is 17.6 Å². The second-order valence-corrected chi connectivity index (χ2v) is 4.07. The zero-order chi connectivity index (χ0) is 11.1. The van der Waals surface area contributed by atoms with Crippen LogP contribution in [0.3, 0.4) is 0 Å². The van der Waals surface area contributed by atoms with Gasteiger partial charge in [0, 0.05) is 5.41 Å². The molecule has 0 aromatic rings. The summed E-state index contributed by atoms with van der Waals surface area (Å²) in [4.78, 5) is 0. The van der Waals surface area contributed by atoms with E-state index in [1.165, 1.54) is 6.92 Å². The van der Waals surface area contributed by atoms with Gasteiger partial charge >= 0.3 is 6.18 Å². The van der Waals surface area contributed by atoms with Crippen LogP contribution >= 0.6 is 0 Å². The third-order valence-electron chi connectivity index (χ3n) is 2.73. The van der Waals surface area contributed by atoms with Gasteiger partial charge in [-0.2, -0.15) is 13.2 Å². The van der Waals surface area contributed by atoms with Crippen LogP contribution in [0.4, 0.5) is 17.6 Å². The van der Waals surface area contributed by atoms with Crippen LogP contribution in [0.15, 0.2) is 23.3 Å². The first-order valence-corrected chi connectivity index (χ1v) is 4.27. The molecule has 1 aliphatic rings. The van der Waals surface area contributed by atoms with Gasteiger partial charge in [-0.1, -0.05) is 25.5 Å². The Labute approximate surface area is 80.3 Å². The molecule has 0 aromatic carbocycles. The lowest BCUT2D eigenvalue weighted by molar-refractivity contribution is -0.0897. The predicted molar refractivity (Wildman–Crippen MR) is 46.6 cm³/mol. The summed E-state index contributed by atoms with van der Waals surface area (Å²) >= 11 is 0. The number of hydrogen-bond donors (Lipinski definition) is 0. The Kier molecular flexibility index (Phi) is 2.50. The third-order valence-corrected chi connectivity index (χ3v) is 2.73. The highest BCUT2D eigenvalue weighted by atomic mass is 19.4. The van der Waals surface area contributed by atoms with Crippen molar-refractivity contribution >= 4 is 0 Å². The monoisotopic (exact) mass is 208 g/mol. The molecule has 1 aliphatic carbocycles. The molecule has 0 heterocycles. The van der Waals surface area contributed by atoms with Crippen molar-refractivity contribution < 1.29 is 17.6 Å². The summed E-state index contributed by atoms with van der Waals surface area (Å²) in [5.74, 6) is 0. The molecule has 80 valence electrons. The molecular weight excluding hydrogens is 196 g/mol. The molecule has 0 bridgehead atoms. The highest BCUT2D eigenvalue weighted by Crippen LogP contribution is 2.41. The largest absolute Gasteiger partial charge is 0.416 e. The van der Waals surface area contributed by atoms with E-state index in [4.69, 9.17) is 0 Å². The highest BCUT2D eigenvalue weighted by Gasteiger charge is 2.40. The average Bonchev–Trinajstić information content (AvgIpc) is 1.98. The van der Waals surface area contributed by atoms with E-state index in [0.29, 0.717) is 11.6 Å². The minimum Gasteiger partial charge on any atom is -0.242 e. The molecule has 1 atom stereocenters. The second-order valence-electron chi connectivity index (χ2n) is 4.07. The molecule has 4 heteroatoms. The van der Waals surface area contributed by atoms with Gasteiger partial charge in [-0.15, -0.1) is 0 Å². The lowest BCUT2D eigenvalue weighted by atomic mass is 9.76. The van der Waals surface area contributed by atoms with Crippen molar-refractivity contribution in [2.75, 3.05) is 0 Å². The Balaban J connectivity index is 3.09. The number of allylic oxidation sites excluding steroid dienone is 4. The summed E-state index contributed by atoms with van der Waals surface area (Å²) in [5, 5.41) is 0. The minimum atomic E-state index is -4.46. The summed E-state index contributed by atoms with van der Waals surface area (Å²) in [5.41, 5.74) is -1.31. The molecule has 0 N–H and O–H groups in total. The standard InChI is InChI=1S/C10H12F4/c1-6-4-7(10(12,13)14)5-8(11)9(6,2)3/h4-5,8H,1-3H3. The molecule has 0 fully saturated rings. The zero-order valence-corrected chi connectivity index (χ0v) is 8.24. The van der Waals surface area contributed by atoms with Crippen molar-refractivity contribution in [3.05, 3.63) is 23.3 Å². The van der Waals surface area contributed by atoms with Gasteiger partial charge in [0.1, 0.15) is 6.17 Å². The predicted octanol–water partition coefficient (Wildman–Crippen LogP) is 3.80. The molecule has 0 nitrogen and oxygen atoms in total. The molecule has 0 spiro atoms. The number of alkyl halides is 4. The third kappa shape index (κ3) is 1.83. The van der Waals surface area contributed by atoms with Gasteiger partial charge in [0.2, 0.25) is 0 Å². The Morgan fingerprint density at radius 3 is 2.14 bits per heavy atom. The van der Waals surface area contributed by atoms with Crippen LogP contribution in [0.25, 0.3) is 0 Å². The Bertz CT molecular complexity index is 294. The fraction of sp³-hybridized carbons (Fsp3) is 0.600. The fourth-order valence-electron chi connectivity index (χ4n) is 1.23. The van der Waals surface area contributed by atoms with Crippen molar-refractivity contribution in [1.82, 2.24) is 0 Å². The first-order chi connectivity index (χ1) is 6.15. The van der Waals surface area contributed by atoms with Crippen LogP contribution in [-0.4, -0.2) is 12.3 Å². The normalized spacial score (nSPS) is 26.9. The first kappa shape index (κ1) is 11.3. The fourth-order valence-corrected chi connectivity index (χ4v) is 1.23. The number of rotatable bonds is 0. The molecule has 0 amide bonds. The molecule has 0 saturated carbocycles. The summed E-state index contributed by atoms with van der Waals surface area (Å²) < 4.78 is 50.2. The topological polar surface area (TPSA) is 0 Å². The molecule has 0 saturated heterocycles. The second kappa shape index (κ2) is 3.11.